The van der Waals surface area contributed by atoms with Crippen LogP contribution in [0.1, 0.15) is 49.4 Å². The first-order chi connectivity index (χ1) is 17.0. The Morgan fingerprint density at radius 2 is 1.69 bits per heavy atom. The molecule has 0 saturated heterocycles. The Hall–Kier alpha value is -3.95. The Labute approximate surface area is 205 Å². The largest absolute Gasteiger partial charge is 0.478 e. The van der Waals surface area contributed by atoms with Crippen LogP contribution in [0.15, 0.2) is 61.1 Å². The molecule has 1 heterocycles. The van der Waals surface area contributed by atoms with Crippen LogP contribution in [0.5, 0.6) is 5.75 Å². The standard InChI is InChI=1S/C26H24F3N3O4/c1-25(2,24(34)35)36-20-11-3-16(4-12-20)13-22(33)32(19-9-7-18(8-10-19)26(27,28)29)21-14-30-15-31-23(21)17-5-6-17/h3-4,7-12,14-15,17H,5-6,13H2,1-2H3,(H,34,35). The van der Waals surface area contributed by atoms with Crippen LogP contribution in [-0.2, 0) is 22.2 Å². The highest BCUT2D eigenvalue weighted by Crippen LogP contribution is 2.44. The summed E-state index contributed by atoms with van der Waals surface area (Å²) in [7, 11) is 0. The van der Waals surface area contributed by atoms with Gasteiger partial charge in [-0.1, -0.05) is 12.1 Å². The van der Waals surface area contributed by atoms with E-state index in [1.165, 1.54) is 43.4 Å². The van der Waals surface area contributed by atoms with Gasteiger partial charge in [0.05, 0.1) is 29.6 Å². The van der Waals surface area contributed by atoms with E-state index in [9.17, 15) is 27.9 Å². The van der Waals surface area contributed by atoms with Crippen molar-refractivity contribution in [1.82, 2.24) is 9.97 Å². The van der Waals surface area contributed by atoms with Crippen LogP contribution >= 0.6 is 0 Å². The molecule has 10 heteroatoms. The number of amides is 1. The zero-order valence-electron chi connectivity index (χ0n) is 19.6. The molecule has 0 unspecified atom stereocenters. The smallest absolute Gasteiger partial charge is 0.416 e. The van der Waals surface area contributed by atoms with E-state index < -0.39 is 23.3 Å². The summed E-state index contributed by atoms with van der Waals surface area (Å²) < 4.78 is 44.8. The highest BCUT2D eigenvalue weighted by Gasteiger charge is 2.34. The zero-order chi connectivity index (χ0) is 26.1. The second-order valence-electron chi connectivity index (χ2n) is 9.08. The second-order valence-corrected chi connectivity index (χ2v) is 9.08. The lowest BCUT2D eigenvalue weighted by atomic mass is 10.1. The fraction of sp³-hybridized carbons (Fsp3) is 0.308. The lowest BCUT2D eigenvalue weighted by molar-refractivity contribution is -0.152. The maximum atomic E-state index is 13.5. The van der Waals surface area contributed by atoms with Crippen LogP contribution in [0, 0.1) is 0 Å². The van der Waals surface area contributed by atoms with Crippen molar-refractivity contribution in [2.45, 2.75) is 50.8 Å². The number of carboxylic acids is 1. The molecule has 0 spiro atoms. The van der Waals surface area contributed by atoms with Crippen molar-refractivity contribution in [2.75, 3.05) is 4.90 Å². The topological polar surface area (TPSA) is 92.6 Å². The predicted octanol–water partition coefficient (Wildman–Crippen LogP) is 5.52. The first kappa shape index (κ1) is 25.2. The van der Waals surface area contributed by atoms with Gasteiger partial charge < -0.3 is 9.84 Å². The van der Waals surface area contributed by atoms with Crippen LogP contribution in [0.4, 0.5) is 24.5 Å². The van der Waals surface area contributed by atoms with Crippen LogP contribution in [0.25, 0.3) is 0 Å². The Balaban J connectivity index is 1.63. The van der Waals surface area contributed by atoms with E-state index in [4.69, 9.17) is 4.74 Å². The van der Waals surface area contributed by atoms with Gasteiger partial charge in [0.2, 0.25) is 5.91 Å². The molecule has 1 aromatic heterocycles. The summed E-state index contributed by atoms with van der Waals surface area (Å²) in [5.74, 6) is -1.01. The fourth-order valence-electron chi connectivity index (χ4n) is 3.66. The molecule has 7 nitrogen and oxygen atoms in total. The summed E-state index contributed by atoms with van der Waals surface area (Å²) in [6.07, 6.45) is 0.148. The van der Waals surface area contributed by atoms with Crippen molar-refractivity contribution in [3.8, 4) is 5.75 Å². The summed E-state index contributed by atoms with van der Waals surface area (Å²) in [6, 6.07) is 10.8. The molecule has 0 atom stereocenters. The van der Waals surface area contributed by atoms with Crippen LogP contribution in [0.3, 0.4) is 0 Å². The van der Waals surface area contributed by atoms with Gasteiger partial charge in [0, 0.05) is 11.6 Å². The monoisotopic (exact) mass is 499 g/mol. The van der Waals surface area contributed by atoms with Crippen molar-refractivity contribution in [3.05, 3.63) is 77.9 Å². The van der Waals surface area contributed by atoms with Crippen molar-refractivity contribution in [3.63, 3.8) is 0 Å². The lowest BCUT2D eigenvalue weighted by Crippen LogP contribution is -2.37. The van der Waals surface area contributed by atoms with Gasteiger partial charge in [0.15, 0.2) is 5.60 Å². The maximum Gasteiger partial charge on any atom is 0.416 e. The SMILES string of the molecule is CC(C)(Oc1ccc(CC(=O)N(c2ccc(C(F)(F)F)cc2)c2cncnc2C2CC2)cc1)C(=O)O. The molecule has 4 rings (SSSR count). The Kier molecular flexibility index (Phi) is 6.71. The molecule has 36 heavy (non-hydrogen) atoms. The molecule has 0 radical (unpaired) electrons. The van der Waals surface area contributed by atoms with E-state index in [0.717, 1.165) is 25.0 Å². The van der Waals surface area contributed by atoms with Crippen LogP contribution < -0.4 is 9.64 Å². The van der Waals surface area contributed by atoms with E-state index in [-0.39, 0.29) is 23.9 Å². The molecular weight excluding hydrogens is 475 g/mol. The molecule has 0 bridgehead atoms. The van der Waals surface area contributed by atoms with E-state index in [1.54, 1.807) is 24.3 Å². The Morgan fingerprint density at radius 1 is 1.06 bits per heavy atom. The molecule has 1 N–H and O–H groups in total. The summed E-state index contributed by atoms with van der Waals surface area (Å²) in [6.45, 7) is 2.85. The molecular formula is C26H24F3N3O4. The number of carbonyl (C=O) groups is 2. The highest BCUT2D eigenvalue weighted by molar-refractivity contribution is 6.02. The minimum Gasteiger partial charge on any atom is -0.478 e. The predicted molar refractivity (Wildman–Crippen MR) is 125 cm³/mol. The van der Waals surface area contributed by atoms with Gasteiger partial charge in [-0.15, -0.1) is 0 Å². The van der Waals surface area contributed by atoms with Crippen LogP contribution in [0.2, 0.25) is 0 Å². The van der Waals surface area contributed by atoms with Gasteiger partial charge in [-0.2, -0.15) is 13.2 Å². The normalized spacial score (nSPS) is 13.8. The number of hydrogen-bond donors (Lipinski definition) is 1. The molecule has 2 aromatic carbocycles. The van der Waals surface area contributed by atoms with Gasteiger partial charge in [-0.25, -0.2) is 14.8 Å². The number of carboxylic acid groups (broad SMARTS) is 1. The third-order valence-electron chi connectivity index (χ3n) is 5.80. The van der Waals surface area contributed by atoms with Gasteiger partial charge in [-0.05, 0) is 68.7 Å². The average molecular weight is 499 g/mol. The minimum atomic E-state index is -4.50. The van der Waals surface area contributed by atoms with Gasteiger partial charge >= 0.3 is 12.1 Å². The summed E-state index contributed by atoms with van der Waals surface area (Å²) in [4.78, 5) is 34.6. The molecule has 1 saturated carbocycles. The average Bonchev–Trinajstić information content (AvgIpc) is 3.66. The number of aromatic nitrogens is 2. The van der Waals surface area contributed by atoms with E-state index in [0.29, 0.717) is 22.7 Å². The third-order valence-corrected chi connectivity index (χ3v) is 5.80. The van der Waals surface area contributed by atoms with Gasteiger partial charge in [0.1, 0.15) is 12.1 Å². The zero-order valence-corrected chi connectivity index (χ0v) is 19.6. The number of ether oxygens (including phenoxy) is 1. The van der Waals surface area contributed by atoms with Gasteiger partial charge in [-0.3, -0.25) is 9.69 Å². The molecule has 1 aliphatic carbocycles. The quantitative estimate of drug-likeness (QED) is 0.439. The number of benzene rings is 2. The van der Waals surface area contributed by atoms with Gasteiger partial charge in [0.25, 0.3) is 0 Å². The lowest BCUT2D eigenvalue weighted by Gasteiger charge is -2.25. The van der Waals surface area contributed by atoms with Crippen molar-refractivity contribution < 1.29 is 32.6 Å². The molecule has 1 fully saturated rings. The highest BCUT2D eigenvalue weighted by atomic mass is 19.4. The van der Waals surface area contributed by atoms with Crippen molar-refractivity contribution >= 4 is 23.3 Å². The number of rotatable bonds is 8. The number of halogens is 3. The molecule has 3 aromatic rings. The first-order valence-corrected chi connectivity index (χ1v) is 11.3. The minimum absolute atomic E-state index is 0.0668. The molecule has 188 valence electrons. The number of hydrogen-bond acceptors (Lipinski definition) is 5. The summed E-state index contributed by atoms with van der Waals surface area (Å²) in [5.41, 5.74) is -0.241. The number of aliphatic carboxylic acids is 1. The molecule has 0 aliphatic heterocycles. The maximum absolute atomic E-state index is 13.5. The van der Waals surface area contributed by atoms with E-state index >= 15 is 0 Å². The van der Waals surface area contributed by atoms with E-state index in [1.807, 2.05) is 0 Å². The summed E-state index contributed by atoms with van der Waals surface area (Å²) in [5, 5.41) is 9.23. The summed E-state index contributed by atoms with van der Waals surface area (Å²) >= 11 is 0. The molecule has 1 aliphatic rings. The fourth-order valence-corrected chi connectivity index (χ4v) is 3.66. The van der Waals surface area contributed by atoms with E-state index in [2.05, 4.69) is 9.97 Å². The first-order valence-electron chi connectivity index (χ1n) is 11.3. The number of carbonyl (C=O) groups excluding carboxylic acids is 1. The third kappa shape index (κ3) is 5.64. The number of anilines is 2. The van der Waals surface area contributed by atoms with Crippen molar-refractivity contribution in [2.24, 2.45) is 0 Å². The van der Waals surface area contributed by atoms with Crippen molar-refractivity contribution in [1.29, 1.82) is 0 Å². The molecule has 1 amide bonds. The Morgan fingerprint density at radius 3 is 2.25 bits per heavy atom. The van der Waals surface area contributed by atoms with Crippen LogP contribution in [-0.4, -0.2) is 32.6 Å². The second kappa shape index (κ2) is 9.60. The number of nitrogens with zero attached hydrogens (tertiary/aromatic N) is 3. The Bertz CT molecular complexity index is 1250. The number of alkyl halides is 3.